The van der Waals surface area contributed by atoms with Crippen LogP contribution in [0, 0.1) is 3.57 Å². The van der Waals surface area contributed by atoms with E-state index in [0.717, 1.165) is 24.0 Å². The number of thiazole rings is 1. The molecule has 2 aromatic heterocycles. The number of halogens is 4. The lowest BCUT2D eigenvalue weighted by atomic mass is 9.97. The van der Waals surface area contributed by atoms with E-state index in [2.05, 4.69) is 38.5 Å². The second-order valence-corrected chi connectivity index (χ2v) is 14.7. The number of nitrogens with zero attached hydrogens (tertiary/aromatic N) is 2. The third kappa shape index (κ3) is 6.72. The molecule has 1 aliphatic rings. The maximum atomic E-state index is 14.3. The summed E-state index contributed by atoms with van der Waals surface area (Å²) in [6.07, 6.45) is 1.80. The molecular formula is C33H22BrCl2IN2O4S2. The molecule has 0 saturated carbocycles. The maximum Gasteiger partial charge on any atom is 0.338 e. The van der Waals surface area contributed by atoms with Crippen molar-refractivity contribution in [1.29, 1.82) is 0 Å². The van der Waals surface area contributed by atoms with Crippen LogP contribution >= 0.6 is 84.4 Å². The van der Waals surface area contributed by atoms with Gasteiger partial charge >= 0.3 is 5.97 Å². The number of ether oxygens (including phenoxy) is 2. The van der Waals surface area contributed by atoms with E-state index in [9.17, 15) is 9.59 Å². The summed E-state index contributed by atoms with van der Waals surface area (Å²) in [7, 11) is 0. The Morgan fingerprint density at radius 3 is 2.62 bits per heavy atom. The van der Waals surface area contributed by atoms with Crippen LogP contribution in [-0.2, 0) is 16.1 Å². The van der Waals surface area contributed by atoms with E-state index in [4.69, 9.17) is 37.7 Å². The molecule has 0 aliphatic carbocycles. The Morgan fingerprint density at radius 2 is 1.91 bits per heavy atom. The van der Waals surface area contributed by atoms with Crippen LogP contribution in [0.4, 0.5) is 0 Å². The molecule has 0 fully saturated rings. The lowest BCUT2D eigenvalue weighted by Crippen LogP contribution is -2.39. The smallest absolute Gasteiger partial charge is 0.338 e. The fourth-order valence-electron chi connectivity index (χ4n) is 4.93. The van der Waals surface area contributed by atoms with Crippen LogP contribution in [0.3, 0.4) is 0 Å². The van der Waals surface area contributed by atoms with Gasteiger partial charge in [0.2, 0.25) is 0 Å². The molecule has 1 aliphatic heterocycles. The van der Waals surface area contributed by atoms with Crippen molar-refractivity contribution < 1.29 is 14.3 Å². The summed E-state index contributed by atoms with van der Waals surface area (Å²) >= 11 is 21.0. The number of hydrogen-bond donors (Lipinski definition) is 0. The van der Waals surface area contributed by atoms with Gasteiger partial charge in [0.15, 0.2) is 4.80 Å². The molecule has 3 heterocycles. The minimum absolute atomic E-state index is 0.192. The van der Waals surface area contributed by atoms with Crippen molar-refractivity contribution in [1.82, 2.24) is 4.57 Å². The molecule has 45 heavy (non-hydrogen) atoms. The Bertz CT molecular complexity index is 2130. The average molecular weight is 852 g/mol. The molecule has 5 aromatic rings. The van der Waals surface area contributed by atoms with Gasteiger partial charge in [-0.15, -0.1) is 11.3 Å². The van der Waals surface area contributed by atoms with Gasteiger partial charge in [0, 0.05) is 36.1 Å². The highest BCUT2D eigenvalue weighted by molar-refractivity contribution is 14.1. The van der Waals surface area contributed by atoms with Gasteiger partial charge in [-0.05, 0) is 71.3 Å². The number of carbonyl (C=O) groups is 1. The molecule has 6 nitrogen and oxygen atoms in total. The van der Waals surface area contributed by atoms with Gasteiger partial charge in [-0.2, -0.15) is 0 Å². The summed E-state index contributed by atoms with van der Waals surface area (Å²) in [6.45, 7) is 2.16. The third-order valence-electron chi connectivity index (χ3n) is 6.90. The minimum atomic E-state index is -0.705. The highest BCUT2D eigenvalue weighted by atomic mass is 127. The standard InChI is InChI=1S/C33H22BrCl2IN2O4S2/c1-2-42-32(41)27-28(18-7-4-3-5-8-18)38-33-39(29(27)25-9-6-12-44-25)31(40)26(45-33)14-20-13-21(34)15-24(37)30(20)43-17-19-10-11-22(35)16-23(19)36/h3-16,29H,2,17H2,1H3/b26-14-/t29-/m0/s1. The fourth-order valence-corrected chi connectivity index (χ4v) is 8.91. The quantitative estimate of drug-likeness (QED) is 0.117. The van der Waals surface area contributed by atoms with E-state index in [1.54, 1.807) is 29.7 Å². The van der Waals surface area contributed by atoms with Crippen molar-refractivity contribution in [3.05, 3.63) is 143 Å². The molecule has 0 radical (unpaired) electrons. The average Bonchev–Trinajstić information content (AvgIpc) is 3.65. The molecular weight excluding hydrogens is 830 g/mol. The van der Waals surface area contributed by atoms with Gasteiger partial charge in [-0.1, -0.05) is 92.9 Å². The Kier molecular flexibility index (Phi) is 9.98. The molecule has 1 atom stereocenters. The van der Waals surface area contributed by atoms with E-state index in [-0.39, 0.29) is 18.8 Å². The Hall–Kier alpha value is -2.74. The van der Waals surface area contributed by atoms with Gasteiger partial charge < -0.3 is 9.47 Å². The normalized spacial score (nSPS) is 14.7. The number of esters is 1. The van der Waals surface area contributed by atoms with Crippen molar-refractivity contribution in [2.45, 2.75) is 19.6 Å². The Balaban J connectivity index is 1.53. The van der Waals surface area contributed by atoms with Crippen molar-refractivity contribution in [3.63, 3.8) is 0 Å². The number of aromatic nitrogens is 1. The summed E-state index contributed by atoms with van der Waals surface area (Å²) in [4.78, 5) is 34.0. The van der Waals surface area contributed by atoms with Crippen LogP contribution in [0.5, 0.6) is 5.75 Å². The van der Waals surface area contributed by atoms with Crippen molar-refractivity contribution in [3.8, 4) is 5.75 Å². The zero-order chi connectivity index (χ0) is 31.7. The second-order valence-electron chi connectivity index (χ2n) is 9.78. The van der Waals surface area contributed by atoms with Crippen molar-refractivity contribution >= 4 is 102 Å². The number of hydrogen-bond acceptors (Lipinski definition) is 7. The highest BCUT2D eigenvalue weighted by Gasteiger charge is 2.35. The zero-order valence-corrected chi connectivity index (χ0v) is 30.3. The van der Waals surface area contributed by atoms with Crippen LogP contribution in [0.15, 0.2) is 98.0 Å². The van der Waals surface area contributed by atoms with Crippen LogP contribution < -0.4 is 19.6 Å². The van der Waals surface area contributed by atoms with Gasteiger partial charge in [0.05, 0.1) is 26.0 Å². The topological polar surface area (TPSA) is 69.9 Å². The maximum absolute atomic E-state index is 14.3. The fraction of sp³-hybridized carbons (Fsp3) is 0.121. The van der Waals surface area contributed by atoms with E-state index in [1.165, 1.54) is 22.7 Å². The minimum Gasteiger partial charge on any atom is -0.487 e. The highest BCUT2D eigenvalue weighted by Crippen LogP contribution is 2.37. The molecule has 0 saturated heterocycles. The van der Waals surface area contributed by atoms with Crippen molar-refractivity contribution in [2.24, 2.45) is 4.99 Å². The third-order valence-corrected chi connectivity index (χ3v) is 10.7. The van der Waals surface area contributed by atoms with Gasteiger partial charge in [0.25, 0.3) is 5.56 Å². The van der Waals surface area contributed by atoms with E-state index in [1.807, 2.05) is 66.0 Å². The predicted molar refractivity (Wildman–Crippen MR) is 193 cm³/mol. The number of carbonyl (C=O) groups excluding carboxylic acids is 1. The molecule has 0 bridgehead atoms. The first-order valence-electron chi connectivity index (χ1n) is 13.6. The van der Waals surface area contributed by atoms with Crippen LogP contribution in [0.2, 0.25) is 10.0 Å². The molecule has 228 valence electrons. The monoisotopic (exact) mass is 850 g/mol. The summed E-state index contributed by atoms with van der Waals surface area (Å²) in [5, 5.41) is 2.97. The summed E-state index contributed by atoms with van der Waals surface area (Å²) in [5.41, 5.74) is 2.78. The van der Waals surface area contributed by atoms with Crippen LogP contribution in [-0.4, -0.2) is 17.1 Å². The summed E-state index contributed by atoms with van der Waals surface area (Å²) in [5.74, 6) is 0.0912. The Labute approximate surface area is 298 Å². The van der Waals surface area contributed by atoms with E-state index in [0.29, 0.717) is 42.0 Å². The van der Waals surface area contributed by atoms with Gasteiger partial charge in [-0.25, -0.2) is 9.79 Å². The lowest BCUT2D eigenvalue weighted by Gasteiger charge is -2.24. The largest absolute Gasteiger partial charge is 0.487 e. The number of rotatable bonds is 8. The Morgan fingerprint density at radius 1 is 1.11 bits per heavy atom. The summed E-state index contributed by atoms with van der Waals surface area (Å²) in [6, 6.07) is 21.7. The molecule has 3 aromatic carbocycles. The van der Waals surface area contributed by atoms with E-state index >= 15 is 0 Å². The molecule has 0 N–H and O–H groups in total. The van der Waals surface area contributed by atoms with Gasteiger partial charge in [0.1, 0.15) is 18.4 Å². The predicted octanol–water partition coefficient (Wildman–Crippen LogP) is 8.25. The van der Waals surface area contributed by atoms with Crippen molar-refractivity contribution in [2.75, 3.05) is 6.61 Å². The molecule has 0 unspecified atom stereocenters. The SMILES string of the molecule is CCOC(=O)C1=C(c2ccccc2)N=c2s/c(=C\c3cc(Br)cc(I)c3OCc3ccc(Cl)cc3Cl)c(=O)n2[C@H]1c1cccs1. The van der Waals surface area contributed by atoms with Crippen LogP contribution in [0.25, 0.3) is 11.8 Å². The number of fused-ring (bicyclic) bond motifs is 1. The summed E-state index contributed by atoms with van der Waals surface area (Å²) < 4.78 is 15.5. The molecule has 0 spiro atoms. The number of benzene rings is 3. The zero-order valence-electron chi connectivity index (χ0n) is 23.4. The lowest BCUT2D eigenvalue weighted by molar-refractivity contribution is -0.138. The molecule has 6 rings (SSSR count). The molecule has 0 amide bonds. The van der Waals surface area contributed by atoms with Gasteiger partial charge in [-0.3, -0.25) is 9.36 Å². The first kappa shape index (κ1) is 32.2. The first-order chi connectivity index (χ1) is 21.7. The first-order valence-corrected chi connectivity index (χ1v) is 17.9. The second kappa shape index (κ2) is 13.9. The number of thiophene rings is 1. The molecule has 12 heteroatoms. The van der Waals surface area contributed by atoms with Crippen LogP contribution in [0.1, 0.15) is 34.5 Å². The van der Waals surface area contributed by atoms with E-state index < -0.39 is 12.0 Å².